The summed E-state index contributed by atoms with van der Waals surface area (Å²) in [6.07, 6.45) is -3.43. The maximum Gasteiger partial charge on any atom is 0.413 e. The standard InChI is InChI=1S/C18H11ClF4N2O4/c1-8-10(18(21,22)23)4-16(27)25(17(8)28)13-6-14(11(19)5-12(13)20)29-9-2-3-15(26)24-7-9/h2-8H,1H3,(H,24,26). The molecule has 6 nitrogen and oxygen atoms in total. The van der Waals surface area contributed by atoms with Gasteiger partial charge in [0, 0.05) is 24.4 Å². The Labute approximate surface area is 165 Å². The second kappa shape index (κ2) is 7.36. The fourth-order valence-corrected chi connectivity index (χ4v) is 2.87. The average Bonchev–Trinajstić information content (AvgIpc) is 2.62. The fraction of sp³-hybridized carbons (Fsp3) is 0.167. The van der Waals surface area contributed by atoms with Gasteiger partial charge in [0.15, 0.2) is 0 Å². The Morgan fingerprint density at radius 1 is 1.17 bits per heavy atom. The van der Waals surface area contributed by atoms with E-state index in [1.54, 1.807) is 0 Å². The number of nitrogens with one attached hydrogen (secondary N) is 1. The number of hydrogen-bond acceptors (Lipinski definition) is 4. The van der Waals surface area contributed by atoms with E-state index in [1.807, 2.05) is 0 Å². The fourth-order valence-electron chi connectivity index (χ4n) is 2.68. The van der Waals surface area contributed by atoms with Crippen molar-refractivity contribution in [2.45, 2.75) is 13.1 Å². The van der Waals surface area contributed by atoms with Gasteiger partial charge in [-0.2, -0.15) is 13.2 Å². The molecule has 11 heteroatoms. The quantitative estimate of drug-likeness (QED) is 0.590. The molecular weight excluding hydrogens is 420 g/mol. The Morgan fingerprint density at radius 3 is 2.45 bits per heavy atom. The number of rotatable bonds is 3. The molecule has 0 bridgehead atoms. The van der Waals surface area contributed by atoms with Crippen LogP contribution >= 0.6 is 11.6 Å². The molecule has 152 valence electrons. The zero-order valence-corrected chi connectivity index (χ0v) is 15.3. The van der Waals surface area contributed by atoms with E-state index in [0.29, 0.717) is 4.90 Å². The van der Waals surface area contributed by atoms with Crippen LogP contribution in [0.15, 0.2) is 46.9 Å². The van der Waals surface area contributed by atoms with Gasteiger partial charge in [0.25, 0.3) is 5.91 Å². The number of benzene rings is 1. The van der Waals surface area contributed by atoms with Crippen molar-refractivity contribution in [1.82, 2.24) is 4.98 Å². The van der Waals surface area contributed by atoms with E-state index in [1.165, 1.54) is 12.3 Å². The number of anilines is 1. The van der Waals surface area contributed by atoms with E-state index in [9.17, 15) is 31.9 Å². The first kappa shape index (κ1) is 20.6. The predicted molar refractivity (Wildman–Crippen MR) is 94.3 cm³/mol. The molecule has 1 aliphatic heterocycles. The molecule has 0 aliphatic carbocycles. The third-order valence-corrected chi connectivity index (χ3v) is 4.41. The molecule has 1 aromatic carbocycles. The molecular formula is C18H11ClF4N2O4. The average molecular weight is 431 g/mol. The highest BCUT2D eigenvalue weighted by molar-refractivity contribution is 6.32. The molecule has 0 radical (unpaired) electrons. The van der Waals surface area contributed by atoms with Crippen molar-refractivity contribution in [1.29, 1.82) is 0 Å². The number of hydrogen-bond donors (Lipinski definition) is 1. The van der Waals surface area contributed by atoms with Crippen molar-refractivity contribution in [2.75, 3.05) is 4.90 Å². The predicted octanol–water partition coefficient (Wildman–Crippen LogP) is 3.96. The van der Waals surface area contributed by atoms with Gasteiger partial charge in [-0.05, 0) is 19.1 Å². The monoisotopic (exact) mass is 430 g/mol. The summed E-state index contributed by atoms with van der Waals surface area (Å²) in [4.78, 5) is 38.3. The summed E-state index contributed by atoms with van der Waals surface area (Å²) in [5.74, 6) is -5.51. The Kier molecular flexibility index (Phi) is 5.22. The first-order valence-electron chi connectivity index (χ1n) is 8.01. The largest absolute Gasteiger partial charge is 0.454 e. The molecule has 2 heterocycles. The highest BCUT2D eigenvalue weighted by Gasteiger charge is 2.46. The zero-order valence-electron chi connectivity index (χ0n) is 14.5. The Hall–Kier alpha value is -3.14. The minimum atomic E-state index is -4.88. The molecule has 0 saturated heterocycles. The van der Waals surface area contributed by atoms with Crippen molar-refractivity contribution >= 4 is 29.1 Å². The Bertz CT molecular complexity index is 1070. The lowest BCUT2D eigenvalue weighted by Crippen LogP contribution is -2.46. The van der Waals surface area contributed by atoms with Gasteiger partial charge in [0.1, 0.15) is 17.3 Å². The molecule has 1 aliphatic rings. The van der Waals surface area contributed by atoms with Crippen LogP contribution in [0.4, 0.5) is 23.2 Å². The van der Waals surface area contributed by atoms with Gasteiger partial charge in [-0.1, -0.05) is 11.6 Å². The summed E-state index contributed by atoms with van der Waals surface area (Å²) in [5, 5.41) is -0.228. The van der Waals surface area contributed by atoms with Crippen molar-refractivity contribution in [3.05, 3.63) is 63.3 Å². The molecule has 3 rings (SSSR count). The number of aromatic amines is 1. The number of imide groups is 1. The van der Waals surface area contributed by atoms with Gasteiger partial charge in [-0.3, -0.25) is 14.4 Å². The number of nitrogens with zero attached hydrogens (tertiary/aromatic N) is 1. The number of alkyl halides is 3. The molecule has 1 atom stereocenters. The normalized spacial score (nSPS) is 17.4. The second-order valence-electron chi connectivity index (χ2n) is 6.06. The molecule has 1 aromatic heterocycles. The number of carbonyl (C=O) groups is 2. The van der Waals surface area contributed by atoms with Crippen LogP contribution < -0.4 is 15.2 Å². The molecule has 0 fully saturated rings. The molecule has 29 heavy (non-hydrogen) atoms. The van der Waals surface area contributed by atoms with Crippen LogP contribution in [0.3, 0.4) is 0 Å². The third kappa shape index (κ3) is 4.02. The van der Waals surface area contributed by atoms with Gasteiger partial charge in [-0.25, -0.2) is 9.29 Å². The van der Waals surface area contributed by atoms with Crippen molar-refractivity contribution in [2.24, 2.45) is 5.92 Å². The number of halogens is 5. The number of ether oxygens (including phenoxy) is 1. The van der Waals surface area contributed by atoms with Gasteiger partial charge in [0.05, 0.1) is 22.2 Å². The van der Waals surface area contributed by atoms with Crippen molar-refractivity contribution in [3.8, 4) is 11.5 Å². The smallest absolute Gasteiger partial charge is 0.413 e. The Balaban J connectivity index is 2.03. The summed E-state index contributed by atoms with van der Waals surface area (Å²) < 4.78 is 58.9. The maximum absolute atomic E-state index is 14.4. The second-order valence-corrected chi connectivity index (χ2v) is 6.46. The molecule has 1 unspecified atom stereocenters. The molecule has 0 saturated carbocycles. The van der Waals surface area contributed by atoms with Crippen LogP contribution in [0, 0.1) is 11.7 Å². The summed E-state index contributed by atoms with van der Waals surface area (Å²) >= 11 is 5.92. The van der Waals surface area contributed by atoms with Crippen LogP contribution in [0.5, 0.6) is 11.5 Å². The van der Waals surface area contributed by atoms with Crippen LogP contribution in [0.25, 0.3) is 0 Å². The lowest BCUT2D eigenvalue weighted by atomic mass is 9.94. The lowest BCUT2D eigenvalue weighted by molar-refractivity contribution is -0.134. The first-order valence-corrected chi connectivity index (χ1v) is 8.39. The highest BCUT2D eigenvalue weighted by atomic mass is 35.5. The van der Waals surface area contributed by atoms with Gasteiger partial charge < -0.3 is 9.72 Å². The lowest BCUT2D eigenvalue weighted by Gasteiger charge is -2.30. The first-order chi connectivity index (χ1) is 13.5. The number of pyridine rings is 1. The molecule has 2 aromatic rings. The summed E-state index contributed by atoms with van der Waals surface area (Å²) in [6, 6.07) is 4.11. The summed E-state index contributed by atoms with van der Waals surface area (Å²) in [7, 11) is 0. The summed E-state index contributed by atoms with van der Waals surface area (Å²) in [6.45, 7) is 0.965. The molecule has 0 spiro atoms. The number of aromatic nitrogens is 1. The SMILES string of the molecule is CC1C(=O)N(c2cc(Oc3ccc(=O)[nH]c3)c(Cl)cc2F)C(=O)C=C1C(F)(F)F. The molecule has 2 amide bonds. The highest BCUT2D eigenvalue weighted by Crippen LogP contribution is 2.39. The minimum absolute atomic E-state index is 0.105. The van der Waals surface area contributed by atoms with E-state index in [2.05, 4.69) is 4.98 Å². The van der Waals surface area contributed by atoms with Crippen molar-refractivity contribution in [3.63, 3.8) is 0 Å². The van der Waals surface area contributed by atoms with Gasteiger partial charge in [0.2, 0.25) is 11.5 Å². The van der Waals surface area contributed by atoms with Crippen molar-refractivity contribution < 1.29 is 31.9 Å². The van der Waals surface area contributed by atoms with Crippen LogP contribution in [0.2, 0.25) is 5.02 Å². The van der Waals surface area contributed by atoms with E-state index in [-0.39, 0.29) is 22.6 Å². The third-order valence-electron chi connectivity index (χ3n) is 4.11. The molecule has 1 N–H and O–H groups in total. The van der Waals surface area contributed by atoms with E-state index in [4.69, 9.17) is 16.3 Å². The number of carbonyl (C=O) groups excluding carboxylic acids is 2. The van der Waals surface area contributed by atoms with Gasteiger partial charge in [-0.15, -0.1) is 0 Å². The number of H-pyrrole nitrogens is 1. The summed E-state index contributed by atoms with van der Waals surface area (Å²) in [5.41, 5.74) is -2.34. The maximum atomic E-state index is 14.4. The van der Waals surface area contributed by atoms with Crippen LogP contribution in [-0.4, -0.2) is 23.0 Å². The van der Waals surface area contributed by atoms with Crippen LogP contribution in [-0.2, 0) is 9.59 Å². The van der Waals surface area contributed by atoms with Crippen LogP contribution in [0.1, 0.15) is 6.92 Å². The van der Waals surface area contributed by atoms with E-state index < -0.39 is 46.5 Å². The minimum Gasteiger partial charge on any atom is -0.454 e. The van der Waals surface area contributed by atoms with Gasteiger partial charge >= 0.3 is 6.18 Å². The zero-order chi connectivity index (χ0) is 21.5. The topological polar surface area (TPSA) is 79.5 Å². The van der Waals surface area contributed by atoms with E-state index in [0.717, 1.165) is 25.1 Å². The Morgan fingerprint density at radius 2 is 1.86 bits per heavy atom. The number of amides is 2. The van der Waals surface area contributed by atoms with E-state index >= 15 is 0 Å².